The molecule has 0 aromatic rings. The second kappa shape index (κ2) is 1.46. The Morgan fingerprint density at radius 3 is 2.00 bits per heavy atom. The van der Waals surface area contributed by atoms with E-state index in [4.69, 9.17) is 11.5 Å². The number of rotatable bonds is 0. The first-order valence-electron chi connectivity index (χ1n) is 2.73. The Bertz CT molecular complexity index is 64.5. The van der Waals surface area contributed by atoms with E-state index in [9.17, 15) is 0 Å². The molecule has 0 radical (unpaired) electrons. The summed E-state index contributed by atoms with van der Waals surface area (Å²) in [7, 11) is 0. The molecule has 0 aliphatic heterocycles. The van der Waals surface area contributed by atoms with Gasteiger partial charge >= 0.3 is 0 Å². The maximum absolute atomic E-state index is 5.54. The van der Waals surface area contributed by atoms with Gasteiger partial charge in [0.15, 0.2) is 0 Å². The summed E-state index contributed by atoms with van der Waals surface area (Å²) in [6.45, 7) is 2.13. The van der Waals surface area contributed by atoms with Crippen LogP contribution in [0.4, 0.5) is 0 Å². The zero-order valence-electron chi connectivity index (χ0n) is 4.59. The van der Waals surface area contributed by atoms with Gasteiger partial charge in [-0.25, -0.2) is 0 Å². The molecule has 2 nitrogen and oxygen atoms in total. The van der Waals surface area contributed by atoms with Crippen LogP contribution in [0.25, 0.3) is 0 Å². The van der Waals surface area contributed by atoms with Gasteiger partial charge in [-0.1, -0.05) is 6.92 Å². The normalized spacial score (nSPS) is 51.0. The van der Waals surface area contributed by atoms with Crippen LogP contribution in [0.3, 0.4) is 0 Å². The molecule has 0 aromatic carbocycles. The van der Waals surface area contributed by atoms with Crippen molar-refractivity contribution in [2.24, 2.45) is 17.4 Å². The second-order valence-corrected chi connectivity index (χ2v) is 2.45. The summed E-state index contributed by atoms with van der Waals surface area (Å²) >= 11 is 0. The summed E-state index contributed by atoms with van der Waals surface area (Å²) in [5, 5.41) is 0. The molecule has 1 rings (SSSR count). The van der Waals surface area contributed by atoms with Crippen molar-refractivity contribution in [1.29, 1.82) is 0 Å². The molecular formula is C5H12N2. The van der Waals surface area contributed by atoms with Gasteiger partial charge in [0.1, 0.15) is 0 Å². The van der Waals surface area contributed by atoms with Crippen molar-refractivity contribution in [3.63, 3.8) is 0 Å². The Morgan fingerprint density at radius 2 is 2.00 bits per heavy atom. The molecule has 1 saturated carbocycles. The zero-order valence-corrected chi connectivity index (χ0v) is 4.59. The van der Waals surface area contributed by atoms with Crippen LogP contribution in [0.2, 0.25) is 0 Å². The van der Waals surface area contributed by atoms with Crippen LogP contribution in [0.1, 0.15) is 13.3 Å². The quantitative estimate of drug-likeness (QED) is 0.438. The van der Waals surface area contributed by atoms with Crippen LogP contribution in [-0.2, 0) is 0 Å². The Hall–Kier alpha value is -0.0800. The largest absolute Gasteiger partial charge is 0.326 e. The molecule has 4 N–H and O–H groups in total. The monoisotopic (exact) mass is 100 g/mol. The van der Waals surface area contributed by atoms with Crippen molar-refractivity contribution in [2.45, 2.75) is 25.4 Å². The van der Waals surface area contributed by atoms with E-state index in [1.165, 1.54) is 0 Å². The molecule has 1 aliphatic rings. The first-order chi connectivity index (χ1) is 3.22. The van der Waals surface area contributed by atoms with Gasteiger partial charge in [-0.3, -0.25) is 0 Å². The van der Waals surface area contributed by atoms with E-state index in [0.717, 1.165) is 6.42 Å². The van der Waals surface area contributed by atoms with Crippen molar-refractivity contribution in [1.82, 2.24) is 0 Å². The molecule has 0 saturated heterocycles. The van der Waals surface area contributed by atoms with Gasteiger partial charge in [0.05, 0.1) is 0 Å². The highest BCUT2D eigenvalue weighted by Gasteiger charge is 2.31. The standard InChI is InChI=1S/C5H12N2/c1-3-2-4(6)5(3)7/h3-5H,2,6-7H2,1H3/t3?,4-,5+/m0/s1. The lowest BCUT2D eigenvalue weighted by atomic mass is 9.77. The van der Waals surface area contributed by atoms with Crippen molar-refractivity contribution >= 4 is 0 Å². The molecule has 3 atom stereocenters. The van der Waals surface area contributed by atoms with Crippen molar-refractivity contribution in [3.8, 4) is 0 Å². The average molecular weight is 100 g/mol. The Morgan fingerprint density at radius 1 is 1.43 bits per heavy atom. The number of nitrogens with two attached hydrogens (primary N) is 2. The summed E-state index contributed by atoms with van der Waals surface area (Å²) in [4.78, 5) is 0. The number of hydrogen-bond acceptors (Lipinski definition) is 2. The third-order valence-electron chi connectivity index (χ3n) is 1.80. The highest BCUT2D eigenvalue weighted by Crippen LogP contribution is 2.22. The smallest absolute Gasteiger partial charge is 0.0219 e. The minimum Gasteiger partial charge on any atom is -0.326 e. The lowest BCUT2D eigenvalue weighted by Crippen LogP contribution is -2.56. The Labute approximate surface area is 43.9 Å². The van der Waals surface area contributed by atoms with E-state index in [1.54, 1.807) is 0 Å². The van der Waals surface area contributed by atoms with Crippen LogP contribution < -0.4 is 11.5 Å². The second-order valence-electron chi connectivity index (χ2n) is 2.45. The maximum atomic E-state index is 5.54. The van der Waals surface area contributed by atoms with Gasteiger partial charge in [-0.05, 0) is 12.3 Å². The molecule has 1 fully saturated rings. The lowest BCUT2D eigenvalue weighted by molar-refractivity contribution is 0.232. The van der Waals surface area contributed by atoms with Gasteiger partial charge in [0.2, 0.25) is 0 Å². The zero-order chi connectivity index (χ0) is 5.44. The van der Waals surface area contributed by atoms with Gasteiger partial charge in [-0.15, -0.1) is 0 Å². The summed E-state index contributed by atoms with van der Waals surface area (Å²) in [5.74, 6) is 0.662. The third-order valence-corrected chi connectivity index (χ3v) is 1.80. The topological polar surface area (TPSA) is 52.0 Å². The molecule has 0 heterocycles. The third kappa shape index (κ3) is 0.640. The maximum Gasteiger partial charge on any atom is 0.0219 e. The van der Waals surface area contributed by atoms with E-state index >= 15 is 0 Å². The molecular weight excluding hydrogens is 88.1 g/mol. The summed E-state index contributed by atoms with van der Waals surface area (Å²) in [5.41, 5.74) is 11.0. The lowest BCUT2D eigenvalue weighted by Gasteiger charge is -2.37. The minimum atomic E-state index is 0.278. The molecule has 42 valence electrons. The predicted molar refractivity (Wildman–Crippen MR) is 29.7 cm³/mol. The van der Waals surface area contributed by atoms with Crippen molar-refractivity contribution < 1.29 is 0 Å². The van der Waals surface area contributed by atoms with E-state index in [0.29, 0.717) is 5.92 Å². The highest BCUT2D eigenvalue weighted by atomic mass is 14.8. The molecule has 2 heteroatoms. The molecule has 0 bridgehead atoms. The highest BCUT2D eigenvalue weighted by molar-refractivity contribution is 4.92. The Balaban J connectivity index is 2.29. The molecule has 0 amide bonds. The fourth-order valence-electron chi connectivity index (χ4n) is 0.970. The van der Waals surface area contributed by atoms with E-state index in [2.05, 4.69) is 6.92 Å². The molecule has 7 heavy (non-hydrogen) atoms. The summed E-state index contributed by atoms with van der Waals surface area (Å²) in [6.07, 6.45) is 1.11. The molecule has 0 aromatic heterocycles. The SMILES string of the molecule is CC1C[C@H](N)[C@@H]1N. The molecule has 0 spiro atoms. The fourth-order valence-corrected chi connectivity index (χ4v) is 0.970. The van der Waals surface area contributed by atoms with Crippen LogP contribution in [0.5, 0.6) is 0 Å². The van der Waals surface area contributed by atoms with Gasteiger partial charge < -0.3 is 11.5 Å². The van der Waals surface area contributed by atoms with Crippen LogP contribution in [-0.4, -0.2) is 12.1 Å². The van der Waals surface area contributed by atoms with Crippen molar-refractivity contribution in [3.05, 3.63) is 0 Å². The van der Waals surface area contributed by atoms with E-state index in [1.807, 2.05) is 0 Å². The summed E-state index contributed by atoms with van der Waals surface area (Å²) in [6, 6.07) is 0.565. The average Bonchev–Trinajstić information content (AvgIpc) is 1.68. The number of hydrogen-bond donors (Lipinski definition) is 2. The van der Waals surface area contributed by atoms with Gasteiger partial charge in [0, 0.05) is 12.1 Å². The fraction of sp³-hybridized carbons (Fsp3) is 1.00. The Kier molecular flexibility index (Phi) is 1.05. The van der Waals surface area contributed by atoms with Crippen LogP contribution >= 0.6 is 0 Å². The van der Waals surface area contributed by atoms with Crippen LogP contribution in [0, 0.1) is 5.92 Å². The van der Waals surface area contributed by atoms with Gasteiger partial charge in [0.25, 0.3) is 0 Å². The van der Waals surface area contributed by atoms with E-state index < -0.39 is 0 Å². The first kappa shape index (κ1) is 5.06. The first-order valence-corrected chi connectivity index (χ1v) is 2.73. The molecule has 1 unspecified atom stereocenters. The van der Waals surface area contributed by atoms with Crippen LogP contribution in [0.15, 0.2) is 0 Å². The van der Waals surface area contributed by atoms with Gasteiger partial charge in [-0.2, -0.15) is 0 Å². The predicted octanol–water partition coefficient (Wildman–Crippen LogP) is -0.319. The molecule has 1 aliphatic carbocycles. The summed E-state index contributed by atoms with van der Waals surface area (Å²) < 4.78 is 0. The minimum absolute atomic E-state index is 0.278. The van der Waals surface area contributed by atoms with E-state index in [-0.39, 0.29) is 12.1 Å². The van der Waals surface area contributed by atoms with Crippen molar-refractivity contribution in [2.75, 3.05) is 0 Å².